The Bertz CT molecular complexity index is 406. The Morgan fingerprint density at radius 1 is 1.37 bits per heavy atom. The molecule has 1 aromatic carbocycles. The lowest BCUT2D eigenvalue weighted by atomic mass is 10.1. The maximum absolute atomic E-state index is 11.0. The van der Waals surface area contributed by atoms with E-state index in [1.165, 1.54) is 0 Å². The smallest absolute Gasteiger partial charge is 0.317 e. The summed E-state index contributed by atoms with van der Waals surface area (Å²) in [6, 6.07) is 8.02. The Morgan fingerprint density at radius 2 is 2.05 bits per heavy atom. The third-order valence-corrected chi connectivity index (χ3v) is 3.20. The number of benzene rings is 1. The summed E-state index contributed by atoms with van der Waals surface area (Å²) in [7, 11) is 0. The van der Waals surface area contributed by atoms with Gasteiger partial charge in [-0.15, -0.1) is 0 Å². The molecule has 0 bridgehead atoms. The number of ether oxygens (including phenoxy) is 1. The minimum Gasteiger partial charge on any atom is -0.494 e. The van der Waals surface area contributed by atoms with Crippen LogP contribution in [0, 0.1) is 0 Å². The maximum Gasteiger partial charge on any atom is 0.317 e. The lowest BCUT2D eigenvalue weighted by Gasteiger charge is -2.27. The Kier molecular flexibility index (Phi) is 6.36. The van der Waals surface area contributed by atoms with E-state index in [9.17, 15) is 4.79 Å². The van der Waals surface area contributed by atoms with E-state index in [2.05, 4.69) is 6.92 Å². The van der Waals surface area contributed by atoms with Gasteiger partial charge < -0.3 is 9.84 Å². The molecular formula is C15H23NO3. The zero-order valence-corrected chi connectivity index (χ0v) is 11.9. The highest BCUT2D eigenvalue weighted by molar-refractivity contribution is 5.69. The summed E-state index contributed by atoms with van der Waals surface area (Å²) in [4.78, 5) is 12.9. The molecule has 0 saturated heterocycles. The fraction of sp³-hybridized carbons (Fsp3) is 0.533. The molecule has 1 N–H and O–H groups in total. The molecule has 0 amide bonds. The number of carbonyl (C=O) groups is 1. The van der Waals surface area contributed by atoms with Crippen molar-refractivity contribution in [1.29, 1.82) is 0 Å². The van der Waals surface area contributed by atoms with Crippen LogP contribution in [0.15, 0.2) is 24.3 Å². The van der Waals surface area contributed by atoms with Crippen LogP contribution in [-0.2, 0) is 11.3 Å². The van der Waals surface area contributed by atoms with E-state index >= 15 is 0 Å². The molecule has 4 nitrogen and oxygen atoms in total. The predicted octanol–water partition coefficient (Wildman–Crippen LogP) is 2.77. The first-order valence-corrected chi connectivity index (χ1v) is 6.75. The molecule has 1 unspecified atom stereocenters. The molecule has 0 aliphatic carbocycles. The Hall–Kier alpha value is -1.55. The number of para-hydroxylation sites is 1. The van der Waals surface area contributed by atoms with E-state index in [0.29, 0.717) is 13.2 Å². The van der Waals surface area contributed by atoms with E-state index in [0.717, 1.165) is 17.7 Å². The summed E-state index contributed by atoms with van der Waals surface area (Å²) in [6.45, 7) is 7.31. The van der Waals surface area contributed by atoms with Gasteiger partial charge in [-0.3, -0.25) is 9.69 Å². The highest BCUT2D eigenvalue weighted by Crippen LogP contribution is 2.21. The van der Waals surface area contributed by atoms with Crippen molar-refractivity contribution in [2.75, 3.05) is 13.2 Å². The third-order valence-electron chi connectivity index (χ3n) is 3.20. The van der Waals surface area contributed by atoms with Gasteiger partial charge in [0, 0.05) is 18.2 Å². The topological polar surface area (TPSA) is 49.8 Å². The van der Waals surface area contributed by atoms with E-state index in [1.54, 1.807) is 0 Å². The second-order valence-corrected chi connectivity index (χ2v) is 4.60. The molecule has 0 aliphatic heterocycles. The average Bonchev–Trinajstić information content (AvgIpc) is 2.39. The summed E-state index contributed by atoms with van der Waals surface area (Å²) in [5, 5.41) is 9.01. The van der Waals surface area contributed by atoms with Crippen molar-refractivity contribution in [2.24, 2.45) is 0 Å². The van der Waals surface area contributed by atoms with E-state index < -0.39 is 5.97 Å². The fourth-order valence-electron chi connectivity index (χ4n) is 1.95. The molecule has 1 atom stereocenters. The second kappa shape index (κ2) is 7.79. The number of hydrogen-bond donors (Lipinski definition) is 1. The Balaban J connectivity index is 2.85. The van der Waals surface area contributed by atoms with Gasteiger partial charge in [0.25, 0.3) is 0 Å². The van der Waals surface area contributed by atoms with Gasteiger partial charge in [0.1, 0.15) is 5.75 Å². The van der Waals surface area contributed by atoms with E-state index in [-0.39, 0.29) is 12.6 Å². The summed E-state index contributed by atoms with van der Waals surface area (Å²) < 4.78 is 5.58. The maximum atomic E-state index is 11.0. The molecule has 0 radical (unpaired) electrons. The van der Waals surface area contributed by atoms with Gasteiger partial charge in [-0.05, 0) is 26.3 Å². The van der Waals surface area contributed by atoms with Crippen LogP contribution in [0.5, 0.6) is 5.75 Å². The van der Waals surface area contributed by atoms with Gasteiger partial charge in [0.05, 0.1) is 13.2 Å². The monoisotopic (exact) mass is 265 g/mol. The Morgan fingerprint density at radius 3 is 2.63 bits per heavy atom. The first-order chi connectivity index (χ1) is 9.08. The highest BCUT2D eigenvalue weighted by atomic mass is 16.5. The van der Waals surface area contributed by atoms with Crippen LogP contribution in [0.25, 0.3) is 0 Å². The average molecular weight is 265 g/mol. The summed E-state index contributed by atoms with van der Waals surface area (Å²) in [5.41, 5.74) is 1.03. The molecule has 0 aliphatic rings. The second-order valence-electron chi connectivity index (χ2n) is 4.60. The third kappa shape index (κ3) is 4.91. The summed E-state index contributed by atoms with van der Waals surface area (Å²) in [6.07, 6.45) is 0.921. The minimum absolute atomic E-state index is 0.0511. The van der Waals surface area contributed by atoms with Crippen molar-refractivity contribution in [1.82, 2.24) is 4.90 Å². The standard InChI is InChI=1S/C15H23NO3/c1-4-12(3)16(11-15(17)18)10-13-8-6-7-9-14(13)19-5-2/h6-9,12H,4-5,10-11H2,1-3H3,(H,17,18). The van der Waals surface area contributed by atoms with Crippen LogP contribution in [0.3, 0.4) is 0 Å². The lowest BCUT2D eigenvalue weighted by Crippen LogP contribution is -2.36. The summed E-state index contributed by atoms with van der Waals surface area (Å²) >= 11 is 0. The zero-order chi connectivity index (χ0) is 14.3. The quantitative estimate of drug-likeness (QED) is 0.785. The number of rotatable bonds is 8. The Labute approximate surface area is 115 Å². The number of carboxylic acids is 1. The predicted molar refractivity (Wildman–Crippen MR) is 75.4 cm³/mol. The van der Waals surface area contributed by atoms with E-state index in [1.807, 2.05) is 43.0 Å². The largest absolute Gasteiger partial charge is 0.494 e. The lowest BCUT2D eigenvalue weighted by molar-refractivity contribution is -0.139. The van der Waals surface area contributed by atoms with Gasteiger partial charge in [-0.25, -0.2) is 0 Å². The van der Waals surface area contributed by atoms with Gasteiger partial charge >= 0.3 is 5.97 Å². The van der Waals surface area contributed by atoms with Gasteiger partial charge in [-0.2, -0.15) is 0 Å². The first-order valence-electron chi connectivity index (χ1n) is 6.75. The molecule has 0 saturated carbocycles. The molecule has 0 heterocycles. The van der Waals surface area contributed by atoms with Gasteiger partial charge in [-0.1, -0.05) is 25.1 Å². The molecule has 0 fully saturated rings. The van der Waals surface area contributed by atoms with Crippen molar-refractivity contribution in [3.05, 3.63) is 29.8 Å². The molecular weight excluding hydrogens is 242 g/mol. The minimum atomic E-state index is -0.797. The van der Waals surface area contributed by atoms with Crippen LogP contribution >= 0.6 is 0 Å². The number of nitrogens with zero attached hydrogens (tertiary/aromatic N) is 1. The molecule has 19 heavy (non-hydrogen) atoms. The summed E-state index contributed by atoms with van der Waals surface area (Å²) in [5.74, 6) is 0.0397. The molecule has 106 valence electrons. The fourth-order valence-corrected chi connectivity index (χ4v) is 1.95. The zero-order valence-electron chi connectivity index (χ0n) is 11.9. The van der Waals surface area contributed by atoms with Crippen molar-refractivity contribution >= 4 is 5.97 Å². The molecule has 1 rings (SSSR count). The molecule has 4 heteroatoms. The number of aliphatic carboxylic acids is 1. The van der Waals surface area contributed by atoms with E-state index in [4.69, 9.17) is 9.84 Å². The van der Waals surface area contributed by atoms with Crippen LogP contribution < -0.4 is 4.74 Å². The van der Waals surface area contributed by atoms with Crippen molar-refractivity contribution in [3.8, 4) is 5.75 Å². The molecule has 1 aromatic rings. The number of carboxylic acid groups (broad SMARTS) is 1. The van der Waals surface area contributed by atoms with Crippen LogP contribution in [0.4, 0.5) is 0 Å². The molecule has 0 spiro atoms. The highest BCUT2D eigenvalue weighted by Gasteiger charge is 2.17. The molecule has 0 aromatic heterocycles. The van der Waals surface area contributed by atoms with Crippen molar-refractivity contribution in [2.45, 2.75) is 39.8 Å². The van der Waals surface area contributed by atoms with Crippen LogP contribution in [-0.4, -0.2) is 35.2 Å². The van der Waals surface area contributed by atoms with Gasteiger partial charge in [0.2, 0.25) is 0 Å². The van der Waals surface area contributed by atoms with Crippen LogP contribution in [0.2, 0.25) is 0 Å². The SMILES string of the molecule is CCOc1ccccc1CN(CC(=O)O)C(C)CC. The van der Waals surface area contributed by atoms with Gasteiger partial charge in [0.15, 0.2) is 0 Å². The van der Waals surface area contributed by atoms with Crippen molar-refractivity contribution in [3.63, 3.8) is 0 Å². The van der Waals surface area contributed by atoms with Crippen molar-refractivity contribution < 1.29 is 14.6 Å². The number of hydrogen-bond acceptors (Lipinski definition) is 3. The van der Waals surface area contributed by atoms with Crippen LogP contribution in [0.1, 0.15) is 32.8 Å². The normalized spacial score (nSPS) is 12.4. The first kappa shape index (κ1) is 15.5.